The predicted octanol–water partition coefficient (Wildman–Crippen LogP) is 0.812. The van der Waals surface area contributed by atoms with Crippen LogP contribution in [-0.2, 0) is 11.3 Å². The quantitative estimate of drug-likeness (QED) is 0.549. The molecule has 1 amide bonds. The molecule has 3 rings (SSSR count). The van der Waals surface area contributed by atoms with Gasteiger partial charge in [-0.1, -0.05) is 42.1 Å². The number of fused-ring (bicyclic) bond motifs is 1. The second kappa shape index (κ2) is 6.57. The summed E-state index contributed by atoms with van der Waals surface area (Å²) in [6, 6.07) is 9.51. The Morgan fingerprint density at radius 2 is 1.91 bits per heavy atom. The molecular formula is C15H13N5O2S. The first-order valence-electron chi connectivity index (χ1n) is 6.82. The topological polar surface area (TPSA) is 104 Å². The minimum absolute atomic E-state index is 0.0347. The van der Waals surface area contributed by atoms with Crippen molar-refractivity contribution >= 4 is 28.8 Å². The number of carbonyl (C=O) groups excluding carboxylic acids is 1. The maximum Gasteiger partial charge on any atom is 0.282 e. The first-order valence-corrected chi connectivity index (χ1v) is 7.80. The molecule has 3 aromatic rings. The van der Waals surface area contributed by atoms with Gasteiger partial charge in [0, 0.05) is 12.4 Å². The van der Waals surface area contributed by atoms with Crippen molar-refractivity contribution in [1.82, 2.24) is 19.5 Å². The number of aromatic nitrogens is 4. The lowest BCUT2D eigenvalue weighted by Crippen LogP contribution is -2.25. The number of primary amides is 1. The third-order valence-corrected chi connectivity index (χ3v) is 4.08. The van der Waals surface area contributed by atoms with Crippen LogP contribution in [-0.4, -0.2) is 31.2 Å². The zero-order valence-electron chi connectivity index (χ0n) is 12.0. The Kier molecular flexibility index (Phi) is 4.33. The van der Waals surface area contributed by atoms with Crippen molar-refractivity contribution in [2.45, 2.75) is 11.7 Å². The van der Waals surface area contributed by atoms with Crippen molar-refractivity contribution in [3.63, 3.8) is 0 Å². The average Bonchev–Trinajstić information content (AvgIpc) is 2.57. The Labute approximate surface area is 135 Å². The summed E-state index contributed by atoms with van der Waals surface area (Å²) < 4.78 is 1.49. The van der Waals surface area contributed by atoms with E-state index >= 15 is 0 Å². The van der Waals surface area contributed by atoms with Gasteiger partial charge in [0.1, 0.15) is 0 Å². The van der Waals surface area contributed by atoms with Crippen LogP contribution in [0, 0.1) is 0 Å². The molecule has 0 saturated heterocycles. The van der Waals surface area contributed by atoms with Crippen molar-refractivity contribution < 1.29 is 4.79 Å². The van der Waals surface area contributed by atoms with Crippen LogP contribution in [0.25, 0.3) is 11.2 Å². The number of nitrogens with zero attached hydrogens (tertiary/aromatic N) is 4. The molecule has 0 aliphatic carbocycles. The molecule has 0 bridgehead atoms. The molecule has 0 spiro atoms. The predicted molar refractivity (Wildman–Crippen MR) is 87.1 cm³/mol. The SMILES string of the molecule is NC(=O)CSc1nc2nccnc2c(=O)n1Cc1ccccc1. The summed E-state index contributed by atoms with van der Waals surface area (Å²) in [4.78, 5) is 36.2. The van der Waals surface area contributed by atoms with Gasteiger partial charge in [0.2, 0.25) is 5.91 Å². The van der Waals surface area contributed by atoms with Crippen LogP contribution in [0.5, 0.6) is 0 Å². The van der Waals surface area contributed by atoms with Crippen molar-refractivity contribution in [3.05, 3.63) is 58.6 Å². The number of nitrogens with two attached hydrogens (primary N) is 1. The van der Waals surface area contributed by atoms with E-state index in [2.05, 4.69) is 15.0 Å². The molecule has 2 N–H and O–H groups in total. The van der Waals surface area contributed by atoms with Gasteiger partial charge in [-0.25, -0.2) is 15.0 Å². The van der Waals surface area contributed by atoms with Gasteiger partial charge in [0.25, 0.3) is 5.56 Å². The van der Waals surface area contributed by atoms with Crippen LogP contribution in [0.15, 0.2) is 52.7 Å². The van der Waals surface area contributed by atoms with E-state index in [0.717, 1.165) is 17.3 Å². The molecule has 0 aliphatic heterocycles. The van der Waals surface area contributed by atoms with Gasteiger partial charge >= 0.3 is 0 Å². The smallest absolute Gasteiger partial charge is 0.282 e. The molecule has 23 heavy (non-hydrogen) atoms. The molecule has 7 nitrogen and oxygen atoms in total. The second-order valence-corrected chi connectivity index (χ2v) is 5.70. The van der Waals surface area contributed by atoms with Gasteiger partial charge in [-0.3, -0.25) is 14.2 Å². The Morgan fingerprint density at radius 3 is 2.65 bits per heavy atom. The lowest BCUT2D eigenvalue weighted by atomic mass is 10.2. The van der Waals surface area contributed by atoms with Crippen molar-refractivity contribution in [2.75, 3.05) is 5.75 Å². The van der Waals surface area contributed by atoms with Crippen LogP contribution < -0.4 is 11.3 Å². The fourth-order valence-electron chi connectivity index (χ4n) is 2.08. The molecule has 0 unspecified atom stereocenters. The van der Waals surface area contributed by atoms with Crippen LogP contribution in [0.2, 0.25) is 0 Å². The number of hydrogen-bond donors (Lipinski definition) is 1. The average molecular weight is 327 g/mol. The third kappa shape index (κ3) is 3.37. The Hall–Kier alpha value is -2.74. The van der Waals surface area contributed by atoms with E-state index in [1.807, 2.05) is 30.3 Å². The van der Waals surface area contributed by atoms with Gasteiger partial charge in [-0.05, 0) is 5.56 Å². The Balaban J connectivity index is 2.11. The minimum Gasteiger partial charge on any atom is -0.369 e. The van der Waals surface area contributed by atoms with Gasteiger partial charge in [0.05, 0.1) is 12.3 Å². The fourth-order valence-corrected chi connectivity index (χ4v) is 2.81. The van der Waals surface area contributed by atoms with Crippen molar-refractivity contribution in [3.8, 4) is 0 Å². The summed E-state index contributed by atoms with van der Waals surface area (Å²) >= 11 is 1.11. The lowest BCUT2D eigenvalue weighted by molar-refractivity contribution is -0.115. The molecule has 0 aliphatic rings. The number of benzene rings is 1. The molecule has 0 radical (unpaired) electrons. The van der Waals surface area contributed by atoms with Crippen molar-refractivity contribution in [2.24, 2.45) is 5.73 Å². The highest BCUT2D eigenvalue weighted by molar-refractivity contribution is 7.99. The van der Waals surface area contributed by atoms with E-state index in [-0.39, 0.29) is 22.5 Å². The second-order valence-electron chi connectivity index (χ2n) is 4.75. The molecule has 116 valence electrons. The number of rotatable bonds is 5. The van der Waals surface area contributed by atoms with E-state index < -0.39 is 5.91 Å². The standard InChI is InChI=1S/C15H13N5O2S/c16-11(21)9-23-15-19-13-12(17-6-7-18-13)14(22)20(15)8-10-4-2-1-3-5-10/h1-7H,8-9H2,(H2,16,21). The number of carbonyl (C=O) groups is 1. The van der Waals surface area contributed by atoms with Crippen LogP contribution >= 0.6 is 11.8 Å². The minimum atomic E-state index is -0.477. The van der Waals surface area contributed by atoms with Gasteiger partial charge in [-0.15, -0.1) is 0 Å². The van der Waals surface area contributed by atoms with Crippen LogP contribution in [0.3, 0.4) is 0 Å². The summed E-state index contributed by atoms with van der Waals surface area (Å²) in [5, 5.41) is 0.394. The van der Waals surface area contributed by atoms with Crippen LogP contribution in [0.4, 0.5) is 0 Å². The lowest BCUT2D eigenvalue weighted by Gasteiger charge is -2.11. The van der Waals surface area contributed by atoms with E-state index in [1.54, 1.807) is 0 Å². The first-order chi connectivity index (χ1) is 11.1. The fraction of sp³-hybridized carbons (Fsp3) is 0.133. The Morgan fingerprint density at radius 1 is 1.17 bits per heavy atom. The highest BCUT2D eigenvalue weighted by Crippen LogP contribution is 2.17. The van der Waals surface area contributed by atoms with E-state index in [9.17, 15) is 9.59 Å². The molecule has 0 atom stereocenters. The molecule has 0 saturated carbocycles. The highest BCUT2D eigenvalue weighted by Gasteiger charge is 2.14. The molecular weight excluding hydrogens is 314 g/mol. The number of amides is 1. The van der Waals surface area contributed by atoms with Crippen LogP contribution in [0.1, 0.15) is 5.56 Å². The third-order valence-electron chi connectivity index (χ3n) is 3.09. The monoisotopic (exact) mass is 327 g/mol. The molecule has 2 aromatic heterocycles. The molecule has 0 fully saturated rings. The van der Waals surface area contributed by atoms with Gasteiger partial charge < -0.3 is 5.73 Å². The Bertz CT molecular complexity index is 911. The van der Waals surface area contributed by atoms with E-state index in [1.165, 1.54) is 17.0 Å². The zero-order chi connectivity index (χ0) is 16.2. The summed E-state index contributed by atoms with van der Waals surface area (Å²) in [6.45, 7) is 0.334. The zero-order valence-corrected chi connectivity index (χ0v) is 12.9. The maximum atomic E-state index is 12.7. The summed E-state index contributed by atoms with van der Waals surface area (Å²) in [5.74, 6) is -0.442. The normalized spacial score (nSPS) is 10.8. The highest BCUT2D eigenvalue weighted by atomic mass is 32.2. The number of hydrogen-bond acceptors (Lipinski definition) is 6. The van der Waals surface area contributed by atoms with Crippen molar-refractivity contribution in [1.29, 1.82) is 0 Å². The van der Waals surface area contributed by atoms with E-state index in [0.29, 0.717) is 11.7 Å². The maximum absolute atomic E-state index is 12.7. The number of thioether (sulfide) groups is 1. The largest absolute Gasteiger partial charge is 0.369 e. The van der Waals surface area contributed by atoms with E-state index in [4.69, 9.17) is 5.73 Å². The summed E-state index contributed by atoms with van der Waals surface area (Å²) in [6.07, 6.45) is 2.92. The molecule has 1 aromatic carbocycles. The van der Waals surface area contributed by atoms with Gasteiger partial charge in [0.15, 0.2) is 16.3 Å². The summed E-state index contributed by atoms with van der Waals surface area (Å²) in [7, 11) is 0. The summed E-state index contributed by atoms with van der Waals surface area (Å²) in [5.41, 5.74) is 6.30. The first kappa shape index (κ1) is 15.2. The van der Waals surface area contributed by atoms with Gasteiger partial charge in [-0.2, -0.15) is 0 Å². The molecule has 2 heterocycles. The molecule has 8 heteroatoms.